The van der Waals surface area contributed by atoms with Crippen LogP contribution in [0.1, 0.15) is 31.2 Å². The number of nitrogens with zero attached hydrogens (tertiary/aromatic N) is 6. The van der Waals surface area contributed by atoms with Crippen molar-refractivity contribution in [3.63, 3.8) is 0 Å². The molecule has 4 rings (SSSR count). The zero-order chi connectivity index (χ0) is 19.7. The van der Waals surface area contributed by atoms with E-state index in [1.807, 2.05) is 36.7 Å². The Labute approximate surface area is 170 Å². The Morgan fingerprint density at radius 3 is 2.66 bits per heavy atom. The Hall–Kier alpha value is -3.29. The summed E-state index contributed by atoms with van der Waals surface area (Å²) in [6, 6.07) is 10.2. The molecule has 0 aliphatic carbocycles. The Bertz CT molecular complexity index is 872. The van der Waals surface area contributed by atoms with Crippen LogP contribution in [0.5, 0.6) is 0 Å². The molecule has 1 aromatic heterocycles. The van der Waals surface area contributed by atoms with Crippen LogP contribution in [0.15, 0.2) is 52.7 Å². The summed E-state index contributed by atoms with van der Waals surface area (Å²) in [6.45, 7) is 2.59. The number of hydrogen-bond donors (Lipinski definition) is 2. The van der Waals surface area contributed by atoms with E-state index in [9.17, 15) is 0 Å². The highest BCUT2D eigenvalue weighted by atomic mass is 15.4. The summed E-state index contributed by atoms with van der Waals surface area (Å²) in [5.74, 6) is 1.92. The van der Waals surface area contributed by atoms with Crippen molar-refractivity contribution in [3.05, 3.63) is 48.2 Å². The van der Waals surface area contributed by atoms with Crippen molar-refractivity contribution >= 4 is 30.3 Å². The number of hydrogen-bond acceptors (Lipinski definition) is 8. The fourth-order valence-electron chi connectivity index (χ4n) is 3.29. The second-order valence-corrected chi connectivity index (χ2v) is 7.13. The van der Waals surface area contributed by atoms with E-state index in [4.69, 9.17) is 0 Å². The zero-order valence-corrected chi connectivity index (χ0v) is 16.4. The largest absolute Gasteiger partial charge is 0.350 e. The van der Waals surface area contributed by atoms with Crippen LogP contribution in [0.4, 0.5) is 17.8 Å². The summed E-state index contributed by atoms with van der Waals surface area (Å²) in [5.41, 5.74) is 4.14. The lowest BCUT2D eigenvalue weighted by molar-refractivity contribution is 0.568. The van der Waals surface area contributed by atoms with Crippen molar-refractivity contribution in [1.82, 2.24) is 15.0 Å². The maximum atomic E-state index is 4.64. The molecule has 8 nitrogen and oxygen atoms in total. The molecule has 1 fully saturated rings. The van der Waals surface area contributed by atoms with Crippen molar-refractivity contribution in [1.29, 1.82) is 0 Å². The number of allylic oxidation sites excluding steroid dienone is 1. The summed E-state index contributed by atoms with van der Waals surface area (Å²) in [6.07, 6.45) is 12.0. The summed E-state index contributed by atoms with van der Waals surface area (Å²) in [5, 5.41) is 7.64. The molecule has 1 atom stereocenters. The normalized spacial score (nSPS) is 18.9. The van der Waals surface area contributed by atoms with Crippen molar-refractivity contribution in [3.8, 4) is 0 Å². The Kier molecular flexibility index (Phi) is 6.42. The summed E-state index contributed by atoms with van der Waals surface area (Å²) < 4.78 is 0. The predicted octanol–water partition coefficient (Wildman–Crippen LogP) is 3.48. The van der Waals surface area contributed by atoms with Gasteiger partial charge in [0.1, 0.15) is 0 Å². The zero-order valence-electron chi connectivity index (χ0n) is 16.4. The first kappa shape index (κ1) is 19.0. The number of hydrazone groups is 1. The summed E-state index contributed by atoms with van der Waals surface area (Å²) in [4.78, 5) is 20.0. The molecule has 2 N–H and O–H groups in total. The van der Waals surface area contributed by atoms with Gasteiger partial charge in [0.05, 0.1) is 0 Å². The van der Waals surface area contributed by atoms with Gasteiger partial charge in [-0.3, -0.25) is 4.99 Å². The SMILES string of the molecule is C1=CC(/C=N/Nc2nc(NCc3ccccc3)nc(N3CCCCC3)n2)CC=N1. The van der Waals surface area contributed by atoms with Crippen LogP contribution in [0, 0.1) is 5.92 Å². The van der Waals surface area contributed by atoms with E-state index in [1.54, 1.807) is 6.20 Å². The van der Waals surface area contributed by atoms with E-state index in [0.717, 1.165) is 32.4 Å². The van der Waals surface area contributed by atoms with Gasteiger partial charge in [0.25, 0.3) is 0 Å². The Morgan fingerprint density at radius 1 is 1.03 bits per heavy atom. The molecule has 1 saturated heterocycles. The van der Waals surface area contributed by atoms with Gasteiger partial charge in [-0.15, -0.1) is 0 Å². The molecule has 1 unspecified atom stereocenters. The number of aliphatic imine (C=N–C) groups is 1. The molecule has 1 aromatic carbocycles. The lowest BCUT2D eigenvalue weighted by atomic mass is 10.1. The monoisotopic (exact) mass is 390 g/mol. The van der Waals surface area contributed by atoms with Gasteiger partial charge in [-0.2, -0.15) is 20.1 Å². The smallest absolute Gasteiger partial charge is 0.250 e. The first-order valence-corrected chi connectivity index (χ1v) is 10.1. The highest BCUT2D eigenvalue weighted by Gasteiger charge is 2.16. The lowest BCUT2D eigenvalue weighted by Gasteiger charge is -2.26. The quantitative estimate of drug-likeness (QED) is 0.556. The summed E-state index contributed by atoms with van der Waals surface area (Å²) in [7, 11) is 0. The average Bonchev–Trinajstić information content (AvgIpc) is 2.80. The number of benzene rings is 1. The molecule has 0 amide bonds. The first-order chi connectivity index (χ1) is 14.4. The Morgan fingerprint density at radius 2 is 1.86 bits per heavy atom. The minimum absolute atomic E-state index is 0.235. The molecule has 29 heavy (non-hydrogen) atoms. The third kappa shape index (κ3) is 5.60. The molecular formula is C21H26N8. The molecule has 0 bridgehead atoms. The van der Waals surface area contributed by atoms with Crippen LogP contribution in [-0.4, -0.2) is 40.5 Å². The highest BCUT2D eigenvalue weighted by molar-refractivity contribution is 5.72. The van der Waals surface area contributed by atoms with Crippen molar-refractivity contribution in [2.45, 2.75) is 32.2 Å². The van der Waals surface area contributed by atoms with E-state index in [2.05, 4.69) is 52.8 Å². The van der Waals surface area contributed by atoms with E-state index in [0.29, 0.717) is 24.4 Å². The third-order valence-corrected chi connectivity index (χ3v) is 4.89. The van der Waals surface area contributed by atoms with E-state index in [1.165, 1.54) is 12.0 Å². The predicted molar refractivity (Wildman–Crippen MR) is 118 cm³/mol. The number of anilines is 3. The van der Waals surface area contributed by atoms with Crippen LogP contribution in [0.3, 0.4) is 0 Å². The van der Waals surface area contributed by atoms with Gasteiger partial charge in [-0.1, -0.05) is 36.4 Å². The van der Waals surface area contributed by atoms with Gasteiger partial charge < -0.3 is 10.2 Å². The fourth-order valence-corrected chi connectivity index (χ4v) is 3.29. The van der Waals surface area contributed by atoms with Gasteiger partial charge in [0.2, 0.25) is 17.8 Å². The molecule has 2 aromatic rings. The molecule has 2 aliphatic heterocycles. The summed E-state index contributed by atoms with van der Waals surface area (Å²) >= 11 is 0. The first-order valence-electron chi connectivity index (χ1n) is 10.1. The van der Waals surface area contributed by atoms with E-state index in [-0.39, 0.29) is 5.92 Å². The molecular weight excluding hydrogens is 364 g/mol. The standard InChI is InChI=1S/C21H26N8/c1-3-7-17(8-4-1)15-23-19-25-20(28-24-16-18-9-11-22-12-10-18)27-21(26-19)29-13-5-2-6-14-29/h1,3-4,7-9,11-12,16,18H,2,5-6,10,13-15H2,(H2,23,25,26,27,28)/b24-16+. The van der Waals surface area contributed by atoms with Gasteiger partial charge in [0, 0.05) is 44.2 Å². The number of piperidine rings is 1. The van der Waals surface area contributed by atoms with Crippen molar-refractivity contribution in [2.24, 2.45) is 16.0 Å². The molecule has 2 aliphatic rings. The second kappa shape index (κ2) is 9.77. The average molecular weight is 390 g/mol. The molecule has 0 saturated carbocycles. The molecule has 3 heterocycles. The number of rotatable bonds is 7. The lowest BCUT2D eigenvalue weighted by Crippen LogP contribution is -2.31. The highest BCUT2D eigenvalue weighted by Crippen LogP contribution is 2.19. The van der Waals surface area contributed by atoms with Gasteiger partial charge in [0.15, 0.2) is 0 Å². The van der Waals surface area contributed by atoms with Crippen LogP contribution in [0.25, 0.3) is 0 Å². The minimum Gasteiger partial charge on any atom is -0.350 e. The molecule has 8 heteroatoms. The van der Waals surface area contributed by atoms with Crippen molar-refractivity contribution in [2.75, 3.05) is 28.7 Å². The molecule has 0 radical (unpaired) electrons. The van der Waals surface area contributed by atoms with Crippen LogP contribution >= 0.6 is 0 Å². The maximum absolute atomic E-state index is 4.64. The van der Waals surface area contributed by atoms with Gasteiger partial charge in [-0.05, 0) is 31.2 Å². The van der Waals surface area contributed by atoms with E-state index >= 15 is 0 Å². The topological polar surface area (TPSA) is 90.7 Å². The number of aromatic nitrogens is 3. The maximum Gasteiger partial charge on any atom is 0.250 e. The van der Waals surface area contributed by atoms with Gasteiger partial charge in [-0.25, -0.2) is 5.43 Å². The van der Waals surface area contributed by atoms with Gasteiger partial charge >= 0.3 is 0 Å². The van der Waals surface area contributed by atoms with Crippen molar-refractivity contribution < 1.29 is 0 Å². The fraction of sp³-hybridized carbons (Fsp3) is 0.381. The van der Waals surface area contributed by atoms with Crippen LogP contribution in [-0.2, 0) is 6.54 Å². The molecule has 150 valence electrons. The number of nitrogens with one attached hydrogen (secondary N) is 2. The molecule has 0 spiro atoms. The second-order valence-electron chi connectivity index (χ2n) is 7.13. The van der Waals surface area contributed by atoms with Crippen LogP contribution < -0.4 is 15.6 Å². The third-order valence-electron chi connectivity index (χ3n) is 4.89. The van der Waals surface area contributed by atoms with E-state index < -0.39 is 0 Å². The Balaban J connectivity index is 1.48. The minimum atomic E-state index is 0.235. The van der Waals surface area contributed by atoms with Crippen LogP contribution in [0.2, 0.25) is 0 Å².